The quantitative estimate of drug-likeness (QED) is 0.491. The molecule has 122 valence electrons. The van der Waals surface area contributed by atoms with Gasteiger partial charge in [0, 0.05) is 33.2 Å². The lowest BCUT2D eigenvalue weighted by molar-refractivity contribution is 0.182. The second kappa shape index (κ2) is 8.62. The molecule has 0 bridgehead atoms. The van der Waals surface area contributed by atoms with Crippen LogP contribution >= 0.6 is 0 Å². The van der Waals surface area contributed by atoms with E-state index in [0.29, 0.717) is 0 Å². The average molecular weight is 294 g/mol. The highest BCUT2D eigenvalue weighted by molar-refractivity contribution is 5.79. The van der Waals surface area contributed by atoms with Crippen molar-refractivity contribution in [2.75, 3.05) is 46.3 Å². The molecule has 2 heterocycles. The van der Waals surface area contributed by atoms with E-state index < -0.39 is 0 Å². The summed E-state index contributed by atoms with van der Waals surface area (Å²) in [6.45, 7) is 11.9. The molecule has 0 saturated carbocycles. The molecule has 2 aliphatic rings. The minimum absolute atomic E-state index is 0.798. The van der Waals surface area contributed by atoms with Gasteiger partial charge in [-0.3, -0.25) is 4.99 Å². The van der Waals surface area contributed by atoms with E-state index in [2.05, 4.69) is 34.0 Å². The van der Waals surface area contributed by atoms with E-state index in [-0.39, 0.29) is 0 Å². The largest absolute Gasteiger partial charge is 0.356 e. The Labute approximate surface area is 131 Å². The van der Waals surface area contributed by atoms with Crippen molar-refractivity contribution in [1.82, 2.24) is 15.1 Å². The second-order valence-electron chi connectivity index (χ2n) is 7.07. The summed E-state index contributed by atoms with van der Waals surface area (Å²) in [6, 6.07) is 0. The van der Waals surface area contributed by atoms with Crippen molar-refractivity contribution in [3.63, 3.8) is 0 Å². The number of nitrogens with one attached hydrogen (secondary N) is 1. The van der Waals surface area contributed by atoms with Crippen LogP contribution in [0.4, 0.5) is 0 Å². The fraction of sp³-hybridized carbons (Fsp3) is 0.941. The molecule has 2 saturated heterocycles. The summed E-state index contributed by atoms with van der Waals surface area (Å²) in [7, 11) is 1.91. The van der Waals surface area contributed by atoms with E-state index in [1.54, 1.807) is 0 Å². The molecule has 4 heteroatoms. The van der Waals surface area contributed by atoms with Gasteiger partial charge >= 0.3 is 0 Å². The van der Waals surface area contributed by atoms with Crippen LogP contribution in [0, 0.1) is 11.8 Å². The molecule has 2 atom stereocenters. The summed E-state index contributed by atoms with van der Waals surface area (Å²) >= 11 is 0. The number of hydrogen-bond donors (Lipinski definition) is 1. The van der Waals surface area contributed by atoms with Gasteiger partial charge in [0.25, 0.3) is 0 Å². The van der Waals surface area contributed by atoms with E-state index in [1.165, 1.54) is 51.7 Å². The van der Waals surface area contributed by atoms with Gasteiger partial charge in [-0.15, -0.1) is 0 Å². The summed E-state index contributed by atoms with van der Waals surface area (Å²) in [6.07, 6.45) is 6.67. The van der Waals surface area contributed by atoms with Crippen LogP contribution in [0.25, 0.3) is 0 Å². The summed E-state index contributed by atoms with van der Waals surface area (Å²) < 4.78 is 0. The van der Waals surface area contributed by atoms with Crippen LogP contribution in [0.1, 0.15) is 46.0 Å². The average Bonchev–Trinajstić information content (AvgIpc) is 2.47. The molecule has 0 aromatic heterocycles. The van der Waals surface area contributed by atoms with Gasteiger partial charge in [-0.2, -0.15) is 0 Å². The molecule has 0 radical (unpaired) electrons. The van der Waals surface area contributed by atoms with Crippen LogP contribution in [0.3, 0.4) is 0 Å². The SMILES string of the molecule is CN=C(NCCCN1CCCC(C)C1)N1CCCC(C)C1. The topological polar surface area (TPSA) is 30.9 Å². The minimum atomic E-state index is 0.798. The van der Waals surface area contributed by atoms with Crippen molar-refractivity contribution in [2.24, 2.45) is 16.8 Å². The Morgan fingerprint density at radius 2 is 1.81 bits per heavy atom. The molecule has 2 aliphatic heterocycles. The molecule has 2 fully saturated rings. The summed E-state index contributed by atoms with van der Waals surface area (Å²) in [5.41, 5.74) is 0. The Hall–Kier alpha value is -0.770. The van der Waals surface area contributed by atoms with Gasteiger partial charge in [-0.25, -0.2) is 0 Å². The van der Waals surface area contributed by atoms with Crippen LogP contribution in [0.2, 0.25) is 0 Å². The first kappa shape index (κ1) is 16.6. The van der Waals surface area contributed by atoms with E-state index in [0.717, 1.165) is 37.4 Å². The highest BCUT2D eigenvalue weighted by Gasteiger charge is 2.19. The molecule has 0 aromatic rings. The Kier molecular flexibility index (Phi) is 6.81. The maximum Gasteiger partial charge on any atom is 0.193 e. The molecule has 4 nitrogen and oxygen atoms in total. The monoisotopic (exact) mass is 294 g/mol. The molecule has 0 aliphatic carbocycles. The molecule has 2 rings (SSSR count). The van der Waals surface area contributed by atoms with Crippen LogP contribution in [0.15, 0.2) is 4.99 Å². The van der Waals surface area contributed by atoms with E-state index in [1.807, 2.05) is 7.05 Å². The number of guanidine groups is 1. The maximum atomic E-state index is 4.46. The van der Waals surface area contributed by atoms with Crippen LogP contribution in [0.5, 0.6) is 0 Å². The van der Waals surface area contributed by atoms with Gasteiger partial charge in [-0.05, 0) is 57.0 Å². The standard InChI is InChI=1S/C17H34N4/c1-15-7-4-10-20(13-15)11-6-9-19-17(18-3)21-12-5-8-16(2)14-21/h15-16H,4-14H2,1-3H3,(H,18,19). The molecule has 1 N–H and O–H groups in total. The van der Waals surface area contributed by atoms with Gasteiger partial charge in [0.05, 0.1) is 0 Å². The highest BCUT2D eigenvalue weighted by Crippen LogP contribution is 2.16. The van der Waals surface area contributed by atoms with Crippen molar-refractivity contribution < 1.29 is 0 Å². The Morgan fingerprint density at radius 1 is 1.10 bits per heavy atom. The molecule has 2 unspecified atom stereocenters. The lowest BCUT2D eigenvalue weighted by Gasteiger charge is -2.34. The Morgan fingerprint density at radius 3 is 2.48 bits per heavy atom. The summed E-state index contributed by atoms with van der Waals surface area (Å²) in [5.74, 6) is 2.79. The smallest absolute Gasteiger partial charge is 0.193 e. The summed E-state index contributed by atoms with van der Waals surface area (Å²) in [5, 5.41) is 3.56. The third kappa shape index (κ3) is 5.50. The predicted octanol–water partition coefficient (Wildman–Crippen LogP) is 2.42. The van der Waals surface area contributed by atoms with Gasteiger partial charge in [0.2, 0.25) is 0 Å². The number of aliphatic imine (C=N–C) groups is 1. The number of hydrogen-bond acceptors (Lipinski definition) is 2. The van der Waals surface area contributed by atoms with Crippen LogP contribution in [-0.4, -0.2) is 62.1 Å². The first-order valence-corrected chi connectivity index (χ1v) is 8.87. The number of rotatable bonds is 4. The molecule has 0 amide bonds. The number of nitrogens with zero attached hydrogens (tertiary/aromatic N) is 3. The van der Waals surface area contributed by atoms with Crippen molar-refractivity contribution in [1.29, 1.82) is 0 Å². The van der Waals surface area contributed by atoms with E-state index in [4.69, 9.17) is 0 Å². The maximum absolute atomic E-state index is 4.46. The third-order valence-electron chi connectivity index (χ3n) is 4.84. The lowest BCUT2D eigenvalue weighted by atomic mass is 10.0. The van der Waals surface area contributed by atoms with Gasteiger partial charge in [0.15, 0.2) is 5.96 Å². The van der Waals surface area contributed by atoms with E-state index >= 15 is 0 Å². The number of likely N-dealkylation sites (tertiary alicyclic amines) is 2. The second-order valence-corrected chi connectivity index (χ2v) is 7.07. The zero-order valence-corrected chi connectivity index (χ0v) is 14.3. The van der Waals surface area contributed by atoms with Crippen molar-refractivity contribution in [3.05, 3.63) is 0 Å². The Bertz CT molecular complexity index is 329. The molecule has 0 spiro atoms. The van der Waals surface area contributed by atoms with Crippen molar-refractivity contribution in [3.8, 4) is 0 Å². The fourth-order valence-electron chi connectivity index (χ4n) is 3.71. The highest BCUT2D eigenvalue weighted by atomic mass is 15.3. The zero-order chi connectivity index (χ0) is 15.1. The third-order valence-corrected chi connectivity index (χ3v) is 4.84. The van der Waals surface area contributed by atoms with Gasteiger partial charge in [-0.1, -0.05) is 13.8 Å². The van der Waals surface area contributed by atoms with Crippen molar-refractivity contribution >= 4 is 5.96 Å². The normalized spacial score (nSPS) is 28.7. The van der Waals surface area contributed by atoms with E-state index in [9.17, 15) is 0 Å². The number of piperidine rings is 2. The fourth-order valence-corrected chi connectivity index (χ4v) is 3.71. The molecule has 21 heavy (non-hydrogen) atoms. The Balaban J connectivity index is 1.64. The minimum Gasteiger partial charge on any atom is -0.356 e. The van der Waals surface area contributed by atoms with Crippen LogP contribution < -0.4 is 5.32 Å². The molecular weight excluding hydrogens is 260 g/mol. The zero-order valence-electron chi connectivity index (χ0n) is 14.3. The van der Waals surface area contributed by atoms with Gasteiger partial charge < -0.3 is 15.1 Å². The molecule has 0 aromatic carbocycles. The first-order valence-electron chi connectivity index (χ1n) is 8.87. The van der Waals surface area contributed by atoms with Crippen LogP contribution in [-0.2, 0) is 0 Å². The first-order chi connectivity index (χ1) is 10.2. The lowest BCUT2D eigenvalue weighted by Crippen LogP contribution is -2.46. The molecular formula is C17H34N4. The van der Waals surface area contributed by atoms with Gasteiger partial charge in [0.1, 0.15) is 0 Å². The predicted molar refractivity (Wildman–Crippen MR) is 90.8 cm³/mol. The van der Waals surface area contributed by atoms with Crippen molar-refractivity contribution in [2.45, 2.75) is 46.0 Å². The summed E-state index contributed by atoms with van der Waals surface area (Å²) in [4.78, 5) is 9.51.